The molecular weight excluding hydrogens is 150 g/mol. The molecule has 1 fully saturated rings. The molecule has 72 valence electrons. The van der Waals surface area contributed by atoms with E-state index >= 15 is 0 Å². The molecule has 0 saturated carbocycles. The Hall–Kier alpha value is -0.0800. The van der Waals surface area contributed by atoms with E-state index in [1.54, 1.807) is 0 Å². The molecule has 1 N–H and O–H groups in total. The third-order valence-corrected chi connectivity index (χ3v) is 2.74. The van der Waals surface area contributed by atoms with Crippen molar-refractivity contribution in [2.24, 2.45) is 5.92 Å². The van der Waals surface area contributed by atoms with E-state index in [0.717, 1.165) is 12.3 Å². The highest BCUT2D eigenvalue weighted by Crippen LogP contribution is 2.19. The number of rotatable bonds is 5. The normalized spacial score (nSPS) is 25.0. The van der Waals surface area contributed by atoms with Crippen LogP contribution in [0.2, 0.25) is 0 Å². The zero-order valence-electron chi connectivity index (χ0n) is 8.13. The van der Waals surface area contributed by atoms with Crippen molar-refractivity contribution in [1.82, 2.24) is 4.90 Å². The van der Waals surface area contributed by atoms with Crippen LogP contribution in [0.25, 0.3) is 0 Å². The topological polar surface area (TPSA) is 23.5 Å². The van der Waals surface area contributed by atoms with Crippen molar-refractivity contribution in [3.05, 3.63) is 0 Å². The Kier molecular flexibility index (Phi) is 4.62. The Morgan fingerprint density at radius 1 is 1.50 bits per heavy atom. The van der Waals surface area contributed by atoms with Crippen LogP contribution in [0.5, 0.6) is 0 Å². The molecular formula is C10H21NO. The van der Waals surface area contributed by atoms with Crippen LogP contribution < -0.4 is 0 Å². The van der Waals surface area contributed by atoms with Gasteiger partial charge in [-0.2, -0.15) is 0 Å². The van der Waals surface area contributed by atoms with E-state index in [1.165, 1.54) is 38.9 Å². The molecule has 1 aliphatic rings. The maximum Gasteiger partial charge on any atom is 0.0434 e. The Bertz CT molecular complexity index is 116. The minimum absolute atomic E-state index is 0.367. The smallest absolute Gasteiger partial charge is 0.0434 e. The van der Waals surface area contributed by atoms with Crippen LogP contribution in [0, 0.1) is 5.92 Å². The first-order valence-corrected chi connectivity index (χ1v) is 5.20. The average Bonchev–Trinajstić information content (AvgIpc) is 2.50. The monoisotopic (exact) mass is 171 g/mol. The van der Waals surface area contributed by atoms with Gasteiger partial charge in [0.1, 0.15) is 0 Å². The van der Waals surface area contributed by atoms with Crippen molar-refractivity contribution in [3.63, 3.8) is 0 Å². The summed E-state index contributed by atoms with van der Waals surface area (Å²) in [5.41, 5.74) is 0. The minimum atomic E-state index is 0.367. The maximum absolute atomic E-state index is 8.77. The molecule has 12 heavy (non-hydrogen) atoms. The SMILES string of the molecule is CCCCN1CCC(CCO)C1. The summed E-state index contributed by atoms with van der Waals surface area (Å²) in [6, 6.07) is 0. The van der Waals surface area contributed by atoms with E-state index in [1.807, 2.05) is 0 Å². The number of nitrogens with zero attached hydrogens (tertiary/aromatic N) is 1. The molecule has 1 rings (SSSR count). The Balaban J connectivity index is 2.08. The highest BCUT2D eigenvalue weighted by atomic mass is 16.3. The van der Waals surface area contributed by atoms with Gasteiger partial charge in [0.05, 0.1) is 0 Å². The predicted molar refractivity (Wildman–Crippen MR) is 51.2 cm³/mol. The van der Waals surface area contributed by atoms with Gasteiger partial charge in [-0.15, -0.1) is 0 Å². The number of unbranched alkanes of at least 4 members (excludes halogenated alkanes) is 1. The lowest BCUT2D eigenvalue weighted by Gasteiger charge is -2.14. The van der Waals surface area contributed by atoms with E-state index in [-0.39, 0.29) is 0 Å². The summed E-state index contributed by atoms with van der Waals surface area (Å²) in [6.45, 7) is 6.34. The van der Waals surface area contributed by atoms with Gasteiger partial charge < -0.3 is 10.0 Å². The maximum atomic E-state index is 8.77. The average molecular weight is 171 g/mol. The van der Waals surface area contributed by atoms with Crippen molar-refractivity contribution in [3.8, 4) is 0 Å². The molecule has 0 bridgehead atoms. The van der Waals surface area contributed by atoms with Gasteiger partial charge >= 0.3 is 0 Å². The van der Waals surface area contributed by atoms with Gasteiger partial charge in [-0.25, -0.2) is 0 Å². The molecule has 1 aliphatic heterocycles. The number of likely N-dealkylation sites (tertiary alicyclic amines) is 1. The lowest BCUT2D eigenvalue weighted by molar-refractivity contribution is 0.250. The van der Waals surface area contributed by atoms with E-state index in [4.69, 9.17) is 5.11 Å². The quantitative estimate of drug-likeness (QED) is 0.677. The van der Waals surface area contributed by atoms with Gasteiger partial charge in [0, 0.05) is 13.2 Å². The van der Waals surface area contributed by atoms with Crippen molar-refractivity contribution in [1.29, 1.82) is 0 Å². The first-order chi connectivity index (χ1) is 5.86. The standard InChI is InChI=1S/C10H21NO/c1-2-3-6-11-7-4-10(9-11)5-8-12/h10,12H,2-9H2,1H3. The predicted octanol–water partition coefficient (Wildman–Crippen LogP) is 1.49. The zero-order valence-corrected chi connectivity index (χ0v) is 8.13. The molecule has 0 amide bonds. The Morgan fingerprint density at radius 3 is 3.00 bits per heavy atom. The van der Waals surface area contributed by atoms with Gasteiger partial charge in [0.25, 0.3) is 0 Å². The molecule has 2 nitrogen and oxygen atoms in total. The summed E-state index contributed by atoms with van der Waals surface area (Å²) in [5, 5.41) is 8.77. The van der Waals surface area contributed by atoms with Crippen molar-refractivity contribution >= 4 is 0 Å². The fraction of sp³-hybridized carbons (Fsp3) is 1.00. The zero-order chi connectivity index (χ0) is 8.81. The lowest BCUT2D eigenvalue weighted by Crippen LogP contribution is -2.21. The van der Waals surface area contributed by atoms with Gasteiger partial charge in [0.15, 0.2) is 0 Å². The second-order valence-corrected chi connectivity index (χ2v) is 3.82. The van der Waals surface area contributed by atoms with Crippen LogP contribution in [-0.4, -0.2) is 36.2 Å². The van der Waals surface area contributed by atoms with Crippen molar-refractivity contribution in [2.45, 2.75) is 32.6 Å². The molecule has 1 unspecified atom stereocenters. The fourth-order valence-corrected chi connectivity index (χ4v) is 1.92. The lowest BCUT2D eigenvalue weighted by atomic mass is 10.1. The molecule has 0 aliphatic carbocycles. The highest BCUT2D eigenvalue weighted by Gasteiger charge is 2.20. The van der Waals surface area contributed by atoms with E-state index < -0.39 is 0 Å². The van der Waals surface area contributed by atoms with E-state index in [9.17, 15) is 0 Å². The number of hydrogen-bond acceptors (Lipinski definition) is 2. The summed E-state index contributed by atoms with van der Waals surface area (Å²) in [6.07, 6.45) is 4.92. The largest absolute Gasteiger partial charge is 0.396 e. The third-order valence-electron chi connectivity index (χ3n) is 2.74. The minimum Gasteiger partial charge on any atom is -0.396 e. The molecule has 0 aromatic heterocycles. The summed E-state index contributed by atoms with van der Waals surface area (Å²) in [5.74, 6) is 0.770. The van der Waals surface area contributed by atoms with Gasteiger partial charge in [-0.3, -0.25) is 0 Å². The molecule has 0 radical (unpaired) electrons. The number of aliphatic hydroxyl groups excluding tert-OH is 1. The summed E-state index contributed by atoms with van der Waals surface area (Å²) in [7, 11) is 0. The van der Waals surface area contributed by atoms with Gasteiger partial charge in [-0.05, 0) is 38.3 Å². The van der Waals surface area contributed by atoms with Gasteiger partial charge in [-0.1, -0.05) is 13.3 Å². The fourth-order valence-electron chi connectivity index (χ4n) is 1.92. The summed E-state index contributed by atoms with van der Waals surface area (Å²) >= 11 is 0. The highest BCUT2D eigenvalue weighted by molar-refractivity contribution is 4.74. The van der Waals surface area contributed by atoms with Crippen LogP contribution in [0.4, 0.5) is 0 Å². The number of hydrogen-bond donors (Lipinski definition) is 1. The molecule has 0 aromatic carbocycles. The summed E-state index contributed by atoms with van der Waals surface area (Å²) < 4.78 is 0. The van der Waals surface area contributed by atoms with Crippen LogP contribution in [0.1, 0.15) is 32.6 Å². The summed E-state index contributed by atoms with van der Waals surface area (Å²) in [4.78, 5) is 2.53. The second-order valence-electron chi connectivity index (χ2n) is 3.82. The van der Waals surface area contributed by atoms with Crippen LogP contribution in [-0.2, 0) is 0 Å². The molecule has 2 heteroatoms. The van der Waals surface area contributed by atoms with E-state index in [0.29, 0.717) is 6.61 Å². The molecule has 0 spiro atoms. The second kappa shape index (κ2) is 5.55. The van der Waals surface area contributed by atoms with Crippen molar-refractivity contribution < 1.29 is 5.11 Å². The Labute approximate surface area is 75.6 Å². The van der Waals surface area contributed by atoms with Crippen LogP contribution in [0.3, 0.4) is 0 Å². The van der Waals surface area contributed by atoms with E-state index in [2.05, 4.69) is 11.8 Å². The first kappa shape index (κ1) is 10.0. The van der Waals surface area contributed by atoms with Crippen molar-refractivity contribution in [2.75, 3.05) is 26.2 Å². The molecule has 1 saturated heterocycles. The molecule has 1 heterocycles. The third kappa shape index (κ3) is 3.11. The molecule has 1 atom stereocenters. The van der Waals surface area contributed by atoms with Crippen LogP contribution in [0.15, 0.2) is 0 Å². The first-order valence-electron chi connectivity index (χ1n) is 5.20. The number of aliphatic hydroxyl groups is 1. The van der Waals surface area contributed by atoms with Gasteiger partial charge in [0.2, 0.25) is 0 Å². The van der Waals surface area contributed by atoms with Crippen LogP contribution >= 0.6 is 0 Å². The molecule has 0 aromatic rings. The Morgan fingerprint density at radius 2 is 2.33 bits per heavy atom.